The fourth-order valence-electron chi connectivity index (χ4n) is 2.28. The minimum absolute atomic E-state index is 0.352. The van der Waals surface area contributed by atoms with Gasteiger partial charge < -0.3 is 18.4 Å². The van der Waals surface area contributed by atoms with Crippen LogP contribution in [0.15, 0.2) is 24.7 Å². The minimum Gasteiger partial charge on any atom is -0.493 e. The molecule has 2 aromatic heterocycles. The third-order valence-electron chi connectivity index (χ3n) is 4.22. The summed E-state index contributed by atoms with van der Waals surface area (Å²) < 4.78 is 19.4. The Bertz CT molecular complexity index is 635. The van der Waals surface area contributed by atoms with Crippen molar-refractivity contribution in [3.8, 4) is 5.75 Å². The van der Waals surface area contributed by atoms with Crippen LogP contribution >= 0.6 is 0 Å². The molecule has 1 saturated heterocycles. The van der Waals surface area contributed by atoms with Gasteiger partial charge >= 0.3 is 7.12 Å². The van der Waals surface area contributed by atoms with Crippen LogP contribution in [0, 0.1) is 0 Å². The molecule has 5 nitrogen and oxygen atoms in total. The number of ether oxygens (including phenoxy) is 1. The topological polar surface area (TPSA) is 45.0 Å². The van der Waals surface area contributed by atoms with E-state index in [1.54, 1.807) is 13.3 Å². The minimum atomic E-state index is -0.402. The molecule has 3 rings (SSSR count). The monoisotopic (exact) mass is 274 g/mol. The van der Waals surface area contributed by atoms with Gasteiger partial charge in [-0.05, 0) is 33.8 Å². The average molecular weight is 274 g/mol. The third-order valence-corrected chi connectivity index (χ3v) is 4.22. The number of aromatic nitrogens is 2. The molecule has 0 saturated carbocycles. The van der Waals surface area contributed by atoms with Crippen LogP contribution in [-0.2, 0) is 9.31 Å². The summed E-state index contributed by atoms with van der Waals surface area (Å²) in [7, 11) is 1.23. The van der Waals surface area contributed by atoms with Gasteiger partial charge in [-0.2, -0.15) is 0 Å². The zero-order valence-corrected chi connectivity index (χ0v) is 12.5. The highest BCUT2D eigenvalue weighted by molar-refractivity contribution is 6.62. The number of pyridine rings is 1. The maximum atomic E-state index is 6.06. The summed E-state index contributed by atoms with van der Waals surface area (Å²) >= 11 is 0. The van der Waals surface area contributed by atoms with Gasteiger partial charge in [-0.1, -0.05) is 0 Å². The summed E-state index contributed by atoms with van der Waals surface area (Å²) in [5.41, 5.74) is 1.00. The van der Waals surface area contributed by atoms with E-state index in [-0.39, 0.29) is 11.2 Å². The molecule has 0 aromatic carbocycles. The fraction of sp³-hybridized carbons (Fsp3) is 0.500. The predicted molar refractivity (Wildman–Crippen MR) is 77.5 cm³/mol. The van der Waals surface area contributed by atoms with Crippen LogP contribution in [0.5, 0.6) is 5.75 Å². The van der Waals surface area contributed by atoms with Crippen molar-refractivity contribution in [3.63, 3.8) is 0 Å². The smallest absolute Gasteiger partial charge is 0.493 e. The van der Waals surface area contributed by atoms with Crippen molar-refractivity contribution < 1.29 is 14.0 Å². The molecule has 0 spiro atoms. The lowest BCUT2D eigenvalue weighted by atomic mass is 9.80. The normalized spacial score (nSPS) is 20.6. The first kappa shape index (κ1) is 13.5. The Morgan fingerprint density at radius 3 is 2.45 bits per heavy atom. The molecule has 0 atom stereocenters. The number of methoxy groups -OCH3 is 1. The van der Waals surface area contributed by atoms with Gasteiger partial charge in [0.1, 0.15) is 0 Å². The van der Waals surface area contributed by atoms with Crippen molar-refractivity contribution in [1.82, 2.24) is 9.38 Å². The molecular formula is C14H19BN2O3. The Hall–Kier alpha value is -1.53. The molecule has 6 heteroatoms. The van der Waals surface area contributed by atoms with Crippen molar-refractivity contribution in [3.05, 3.63) is 24.7 Å². The van der Waals surface area contributed by atoms with Crippen LogP contribution in [0.3, 0.4) is 0 Å². The number of imidazole rings is 1. The summed E-state index contributed by atoms with van der Waals surface area (Å²) in [5, 5.41) is 0. The van der Waals surface area contributed by atoms with Gasteiger partial charge in [-0.15, -0.1) is 0 Å². The zero-order chi connectivity index (χ0) is 14.5. The van der Waals surface area contributed by atoms with Crippen LogP contribution in [-0.4, -0.2) is 34.8 Å². The van der Waals surface area contributed by atoms with Crippen LogP contribution in [0.4, 0.5) is 0 Å². The Morgan fingerprint density at radius 2 is 1.85 bits per heavy atom. The van der Waals surface area contributed by atoms with E-state index in [2.05, 4.69) is 4.98 Å². The lowest BCUT2D eigenvalue weighted by Crippen LogP contribution is -2.41. The molecule has 20 heavy (non-hydrogen) atoms. The van der Waals surface area contributed by atoms with Crippen LogP contribution < -0.4 is 10.2 Å². The van der Waals surface area contributed by atoms with Crippen LogP contribution in [0.2, 0.25) is 0 Å². The van der Waals surface area contributed by atoms with Crippen molar-refractivity contribution >= 4 is 18.2 Å². The van der Waals surface area contributed by atoms with Crippen LogP contribution in [0.25, 0.3) is 5.65 Å². The first-order valence-electron chi connectivity index (χ1n) is 6.70. The lowest BCUT2D eigenvalue weighted by molar-refractivity contribution is 0.00578. The maximum absolute atomic E-state index is 6.06. The van der Waals surface area contributed by atoms with Crippen LogP contribution in [0.1, 0.15) is 27.7 Å². The molecule has 3 heterocycles. The fourth-order valence-corrected chi connectivity index (χ4v) is 2.28. The largest absolute Gasteiger partial charge is 0.496 e. The number of fused-ring (bicyclic) bond motifs is 1. The van der Waals surface area contributed by atoms with Gasteiger partial charge in [-0.25, -0.2) is 4.98 Å². The molecule has 2 aromatic rings. The molecule has 106 valence electrons. The average Bonchev–Trinajstić information content (AvgIpc) is 2.91. The number of nitrogens with zero attached hydrogens (tertiary/aromatic N) is 2. The van der Waals surface area contributed by atoms with Crippen molar-refractivity contribution in [1.29, 1.82) is 0 Å². The lowest BCUT2D eigenvalue weighted by Gasteiger charge is -2.32. The van der Waals surface area contributed by atoms with E-state index in [4.69, 9.17) is 14.0 Å². The Kier molecular flexibility index (Phi) is 2.85. The van der Waals surface area contributed by atoms with E-state index in [9.17, 15) is 0 Å². The van der Waals surface area contributed by atoms with E-state index in [0.717, 1.165) is 11.1 Å². The van der Waals surface area contributed by atoms with Gasteiger partial charge in [0, 0.05) is 24.1 Å². The highest BCUT2D eigenvalue weighted by Gasteiger charge is 2.51. The molecular weight excluding hydrogens is 255 g/mol. The summed E-state index contributed by atoms with van der Waals surface area (Å²) in [6.45, 7) is 8.17. The molecule has 0 N–H and O–H groups in total. The predicted octanol–water partition coefficient (Wildman–Crippen LogP) is 1.64. The van der Waals surface area contributed by atoms with Gasteiger partial charge in [0.2, 0.25) is 0 Å². The Morgan fingerprint density at radius 1 is 1.20 bits per heavy atom. The molecule has 1 fully saturated rings. The third kappa shape index (κ3) is 1.91. The van der Waals surface area contributed by atoms with E-state index in [1.165, 1.54) is 0 Å². The van der Waals surface area contributed by atoms with Crippen molar-refractivity contribution in [2.45, 2.75) is 38.9 Å². The van der Waals surface area contributed by atoms with Gasteiger partial charge in [0.25, 0.3) is 0 Å². The van der Waals surface area contributed by atoms with Gasteiger partial charge in [-0.3, -0.25) is 0 Å². The molecule has 0 unspecified atom stereocenters. The zero-order valence-electron chi connectivity index (χ0n) is 12.5. The number of hydrogen-bond acceptors (Lipinski definition) is 4. The second-order valence-corrected chi connectivity index (χ2v) is 6.09. The SMILES string of the molecule is COc1cc(B2OC(C)(C)C(C)(C)O2)cn2ccnc12. The molecule has 0 bridgehead atoms. The second kappa shape index (κ2) is 4.23. The molecule has 0 aliphatic carbocycles. The molecule has 0 radical (unpaired) electrons. The summed E-state index contributed by atoms with van der Waals surface area (Å²) in [5.74, 6) is 0.710. The Balaban J connectivity index is 2.03. The van der Waals surface area contributed by atoms with E-state index in [0.29, 0.717) is 5.75 Å². The van der Waals surface area contributed by atoms with Gasteiger partial charge in [0.05, 0.1) is 18.3 Å². The first-order chi connectivity index (χ1) is 9.34. The standard InChI is InChI=1S/C14H19BN2O3/c1-13(2)14(3,4)20-15(19-13)10-8-11(18-5)12-16-6-7-17(12)9-10/h6-9H,1-5H3. The molecule has 0 amide bonds. The Labute approximate surface area is 119 Å². The van der Waals surface area contributed by atoms with Gasteiger partial charge in [0.15, 0.2) is 11.4 Å². The molecule has 1 aliphatic heterocycles. The first-order valence-corrected chi connectivity index (χ1v) is 6.70. The van der Waals surface area contributed by atoms with E-state index < -0.39 is 7.12 Å². The second-order valence-electron chi connectivity index (χ2n) is 6.09. The van der Waals surface area contributed by atoms with Crippen molar-refractivity contribution in [2.75, 3.05) is 7.11 Å². The summed E-state index contributed by atoms with van der Waals surface area (Å²) in [6.07, 6.45) is 5.59. The number of rotatable bonds is 2. The quantitative estimate of drug-likeness (QED) is 0.781. The van der Waals surface area contributed by atoms with E-state index >= 15 is 0 Å². The maximum Gasteiger partial charge on any atom is 0.496 e. The molecule has 1 aliphatic rings. The number of hydrogen-bond donors (Lipinski definition) is 0. The van der Waals surface area contributed by atoms with Crippen molar-refractivity contribution in [2.24, 2.45) is 0 Å². The van der Waals surface area contributed by atoms with E-state index in [1.807, 2.05) is 50.6 Å². The summed E-state index contributed by atoms with van der Waals surface area (Å²) in [6, 6.07) is 1.92. The highest BCUT2D eigenvalue weighted by Crippen LogP contribution is 2.36. The summed E-state index contributed by atoms with van der Waals surface area (Å²) in [4.78, 5) is 4.27. The highest BCUT2D eigenvalue weighted by atomic mass is 16.7.